The van der Waals surface area contributed by atoms with E-state index in [1.807, 2.05) is 0 Å². The van der Waals surface area contributed by atoms with Crippen molar-refractivity contribution in [3.05, 3.63) is 423 Å². The number of aliphatic imine (C=N–C) groups is 4. The first-order chi connectivity index (χ1) is 63.3. The Balaban J connectivity index is 0.000000197. The number of halogens is 20. The van der Waals surface area contributed by atoms with Crippen LogP contribution in [0.2, 0.25) is 0 Å². The molecule has 40 heteroatoms. The summed E-state index contributed by atoms with van der Waals surface area (Å²) in [6.07, 6.45) is 16.1. The number of aliphatic hydroxyl groups is 2. The smallest absolute Gasteiger partial charge is 0.654 e. The molecule has 134 heavy (non-hydrogen) atoms. The van der Waals surface area contributed by atoms with E-state index in [0.717, 1.165) is 14.2 Å². The van der Waals surface area contributed by atoms with Crippen LogP contribution in [0.5, 0.6) is 23.0 Å². The Bertz CT molecular complexity index is 5960. The number of rotatable bonds is 20. The van der Waals surface area contributed by atoms with E-state index in [0.29, 0.717) is 23.0 Å². The first-order valence-corrected chi connectivity index (χ1v) is 37.4. The number of aliphatic hydroxyl groups excluding tert-OH is 2. The molecule has 12 aromatic rings. The van der Waals surface area contributed by atoms with Gasteiger partial charge in [-0.15, -0.1) is 22.8 Å². The molecule has 0 aliphatic carbocycles. The largest absolute Gasteiger partial charge is 2.00 e. The molecule has 4 aromatic heterocycles. The summed E-state index contributed by atoms with van der Waals surface area (Å²) < 4.78 is 302. The zero-order valence-corrected chi connectivity index (χ0v) is 75.4. The second-order valence-electron chi connectivity index (χ2n) is 26.5. The summed E-state index contributed by atoms with van der Waals surface area (Å²) in [5.41, 5.74) is -6.74. The van der Waals surface area contributed by atoms with Crippen molar-refractivity contribution in [2.45, 2.75) is 0 Å². The van der Waals surface area contributed by atoms with E-state index in [1.54, 1.807) is 48.5 Å². The van der Waals surface area contributed by atoms with Gasteiger partial charge in [0.1, 0.15) is 23.0 Å². The Morgan fingerprint density at radius 3 is 0.500 bits per heavy atom. The fourth-order valence-electron chi connectivity index (χ4n) is 12.7. The van der Waals surface area contributed by atoms with Crippen LogP contribution in [0.25, 0.3) is 22.3 Å². The van der Waals surface area contributed by atoms with Gasteiger partial charge in [-0.05, 0) is 168 Å². The molecular formula is C94H56F20N8O10Zn2. The van der Waals surface area contributed by atoms with Crippen LogP contribution < -0.4 is 38.9 Å². The molecule has 0 fully saturated rings. The molecule has 0 radical (unpaired) electrons. The standard InChI is InChI=1S/4C23H13F5N2O2.2CH4O.2Zn/c4*1-32-12-6-4-11(5-7-12)23(31)15-9-8-14(30-15)16(13-3-2-10-29-13)17-18(24)20(26)22(28)21(27)19(17)25;2*1-2;;/h4*2-10H,1H3,(H,29,30,31);2*2H,1H3;;/q;;;;;;2*+2/p-4. The maximum Gasteiger partial charge on any atom is 2.00 e. The van der Waals surface area contributed by atoms with Crippen LogP contribution in [0.4, 0.5) is 87.8 Å². The van der Waals surface area contributed by atoms with Crippen LogP contribution in [0, 0.1) is 116 Å². The third kappa shape index (κ3) is 21.2. The average molecular weight is 1970 g/mol. The molecule has 4 aliphatic rings. The molecule has 2 N–H and O–H groups in total. The Kier molecular flexibility index (Phi) is 34.8. The number of benzene rings is 8. The Morgan fingerprint density at radius 1 is 0.224 bits per heavy atom. The molecule has 676 valence electrons. The number of aromatic nitrogens is 4. The fourth-order valence-corrected chi connectivity index (χ4v) is 12.7. The number of hydrogen-bond acceptors (Lipinski definition) is 14. The van der Waals surface area contributed by atoms with Gasteiger partial charge in [0.25, 0.3) is 0 Å². The van der Waals surface area contributed by atoms with Crippen LogP contribution in [0.15, 0.2) is 237 Å². The van der Waals surface area contributed by atoms with Gasteiger partial charge in [0, 0.05) is 61.3 Å². The van der Waals surface area contributed by atoms with Crippen molar-refractivity contribution in [3.63, 3.8) is 0 Å². The number of ether oxygens (including phenoxy) is 4. The van der Waals surface area contributed by atoms with Crippen molar-refractivity contribution in [1.82, 2.24) is 19.9 Å². The van der Waals surface area contributed by atoms with Crippen LogP contribution in [0.3, 0.4) is 0 Å². The maximum atomic E-state index is 14.6. The molecule has 0 atom stereocenters. The Morgan fingerprint density at radius 2 is 0.366 bits per heavy atom. The van der Waals surface area contributed by atoms with Crippen molar-refractivity contribution in [2.24, 2.45) is 20.0 Å². The molecule has 4 aliphatic heterocycles. The number of carbonyl (C=O) groups excluding carboxylic acids is 4. The van der Waals surface area contributed by atoms with Crippen molar-refractivity contribution >= 4 is 70.3 Å². The van der Waals surface area contributed by atoms with Gasteiger partial charge >= 0.3 is 39.0 Å². The predicted molar refractivity (Wildman–Crippen MR) is 441 cm³/mol. The fraction of sp³-hybridized carbons (Fsp3) is 0.0638. The topological polar surface area (TPSA) is 251 Å². The van der Waals surface area contributed by atoms with E-state index >= 15 is 0 Å². The molecule has 8 heterocycles. The van der Waals surface area contributed by atoms with Crippen LogP contribution in [0.1, 0.15) is 109 Å². The molecular weight excluding hydrogens is 1910 g/mol. The third-order valence-electron chi connectivity index (χ3n) is 19.0. The van der Waals surface area contributed by atoms with Gasteiger partial charge in [0.15, 0.2) is 116 Å². The molecule has 18 nitrogen and oxygen atoms in total. The second-order valence-corrected chi connectivity index (χ2v) is 26.5. The maximum absolute atomic E-state index is 14.6. The number of ketones is 4. The summed E-state index contributed by atoms with van der Waals surface area (Å²) in [5, 5.41) is 14.0. The number of carbonyl (C=O) groups is 4. The van der Waals surface area contributed by atoms with Gasteiger partial charge in [0.2, 0.25) is 23.3 Å². The minimum atomic E-state index is -2.27. The van der Waals surface area contributed by atoms with Gasteiger partial charge in [-0.25, -0.2) is 87.8 Å². The average Bonchev–Trinajstić information content (AvgIpc) is 1.41. The van der Waals surface area contributed by atoms with Crippen molar-refractivity contribution in [1.29, 1.82) is 0 Å². The van der Waals surface area contributed by atoms with Crippen LogP contribution in [-0.2, 0) is 39.0 Å². The number of nitrogens with zero attached hydrogens (tertiary/aromatic N) is 8. The SMILES string of the molecule is CO.CO.COc1ccc(C(=O)c2ccc(/C(=C3/C=CC=N3)c3c(F)c(F)c(F)c(F)c3F)[n-]2)cc1.COc1ccc(C(=O)c2ccc(/C(=C3/C=CC=N3)c3c(F)c(F)c(F)c(F)c3F)[n-]2)cc1.COc1ccc(C(=O)c2ccc(/C(=C3/C=CC=N3)c3c(F)c(F)c(F)c(F)c3F)[n-]2)cc1.COc1ccc(C(=O)c2ccc(/C(=C3/C=CC=N3)c3c(F)c(F)c(F)c(F)c3F)[n-]2)cc1.[Zn+2].[Zn+2]. The molecule has 0 unspecified atom stereocenters. The van der Waals surface area contributed by atoms with Gasteiger partial charge in [-0.1, -0.05) is 71.3 Å². The zero-order valence-electron chi connectivity index (χ0n) is 69.5. The molecule has 8 aromatic carbocycles. The molecule has 0 saturated heterocycles. The number of methoxy groups -OCH3 is 4. The Hall–Kier alpha value is -14.9. The first kappa shape index (κ1) is 103. The minimum absolute atomic E-state index is 0. The number of allylic oxidation sites excluding steroid dienone is 8. The Labute approximate surface area is 770 Å². The second kappa shape index (κ2) is 45.3. The summed E-state index contributed by atoms with van der Waals surface area (Å²) in [7, 11) is 7.87. The van der Waals surface area contributed by atoms with Crippen LogP contribution in [-0.4, -0.2) is 101 Å². The zero-order chi connectivity index (χ0) is 96.0. The van der Waals surface area contributed by atoms with Crippen LogP contribution >= 0.6 is 0 Å². The number of hydrogen-bond donors (Lipinski definition) is 2. The normalized spacial score (nSPS) is 13.6. The predicted octanol–water partition coefficient (Wildman–Crippen LogP) is 19.1. The molecule has 0 spiro atoms. The van der Waals surface area contributed by atoms with Gasteiger partial charge in [-0.2, -0.15) is 0 Å². The molecule has 0 bridgehead atoms. The molecule has 0 amide bonds. The monoisotopic (exact) mass is 1960 g/mol. The van der Waals surface area contributed by atoms with E-state index in [2.05, 4.69) is 39.9 Å². The summed E-state index contributed by atoms with van der Waals surface area (Å²) >= 11 is 0. The van der Waals surface area contributed by atoms with Crippen molar-refractivity contribution in [3.8, 4) is 23.0 Å². The van der Waals surface area contributed by atoms with E-state index in [9.17, 15) is 107 Å². The molecule has 0 saturated carbocycles. The first-order valence-electron chi connectivity index (χ1n) is 37.4. The van der Waals surface area contributed by atoms with E-state index in [-0.39, 0.29) is 130 Å². The van der Waals surface area contributed by atoms with Crippen molar-refractivity contribution in [2.75, 3.05) is 42.7 Å². The summed E-state index contributed by atoms with van der Waals surface area (Å²) in [6.45, 7) is 0. The van der Waals surface area contributed by atoms with E-state index in [4.69, 9.17) is 29.2 Å². The van der Waals surface area contributed by atoms with E-state index < -0.39 is 184 Å². The minimum Gasteiger partial charge on any atom is -0.654 e. The van der Waals surface area contributed by atoms with Crippen molar-refractivity contribution < 1.29 is 175 Å². The summed E-state index contributed by atoms with van der Waals surface area (Å²) in [6, 6.07) is 34.7. The summed E-state index contributed by atoms with van der Waals surface area (Å²) in [5.74, 6) is -41.9. The van der Waals surface area contributed by atoms with Gasteiger partial charge < -0.3 is 49.1 Å². The quantitative estimate of drug-likeness (QED) is 0.0237. The molecule has 16 rings (SSSR count). The van der Waals surface area contributed by atoms with E-state index in [1.165, 1.54) is 199 Å². The summed E-state index contributed by atoms with van der Waals surface area (Å²) in [4.78, 5) is 83.0. The van der Waals surface area contributed by atoms with Gasteiger partial charge in [-0.3, -0.25) is 39.1 Å². The van der Waals surface area contributed by atoms with Gasteiger partial charge in [0.05, 0.1) is 73.5 Å². The third-order valence-corrected chi connectivity index (χ3v) is 19.0.